The molecule has 0 aliphatic carbocycles. The predicted molar refractivity (Wildman–Crippen MR) is 209 cm³/mol. The van der Waals surface area contributed by atoms with Gasteiger partial charge in [0.2, 0.25) is 47.3 Å². The Morgan fingerprint density at radius 3 is 1.65 bits per heavy atom. The molecule has 0 spiro atoms. The number of hydrogen-bond acceptors (Lipinski definition) is 10. The fourth-order valence-corrected chi connectivity index (χ4v) is 5.59. The van der Waals surface area contributed by atoms with Gasteiger partial charge in [-0.2, -0.15) is 0 Å². The van der Waals surface area contributed by atoms with Crippen LogP contribution >= 0.6 is 0 Å². The number of carboxylic acids is 1. The van der Waals surface area contributed by atoms with Gasteiger partial charge in [-0.25, -0.2) is 4.79 Å². The molecule has 19 heteroatoms. The normalized spacial score (nSPS) is 15.2. The molecule has 318 valence electrons. The maximum atomic E-state index is 13.7. The van der Waals surface area contributed by atoms with Crippen LogP contribution in [0, 0.1) is 17.8 Å². The molecule has 57 heavy (non-hydrogen) atoms. The summed E-state index contributed by atoms with van der Waals surface area (Å²) in [6.07, 6.45) is -0.201. The van der Waals surface area contributed by atoms with Crippen LogP contribution in [0.4, 0.5) is 0 Å². The summed E-state index contributed by atoms with van der Waals surface area (Å²) < 4.78 is 0. The molecule has 19 nitrogen and oxygen atoms in total. The zero-order valence-electron chi connectivity index (χ0n) is 33.6. The van der Waals surface area contributed by atoms with Gasteiger partial charge in [-0.05, 0) is 42.6 Å². The minimum absolute atomic E-state index is 0.0479. The third kappa shape index (κ3) is 18.3. The first kappa shape index (κ1) is 49.4. The molecule has 0 saturated carbocycles. The van der Waals surface area contributed by atoms with Crippen molar-refractivity contribution in [3.05, 3.63) is 35.9 Å². The molecule has 8 amide bonds. The lowest BCUT2D eigenvalue weighted by atomic mass is 9.96. The third-order valence-corrected chi connectivity index (χ3v) is 9.34. The fraction of sp³-hybridized carbons (Fsp3) is 0.605. The summed E-state index contributed by atoms with van der Waals surface area (Å²) in [5, 5.41) is 24.5. The summed E-state index contributed by atoms with van der Waals surface area (Å²) in [6.45, 7) is 9.87. The molecule has 0 aliphatic rings. The standard InChI is InChI=1S/C38H61N9O10/c1-7-21(5)31(46-30(50)19-42-33(51)24(39)17-23-12-10-9-11-13-23)36(54)45-27(18-29(41)49)34(52)44-26(16-20(3)4)35(53)47-32(22(6)8-2)37(55)43-25(38(56)57)14-15-28(40)48/h9-13,20-22,24-27,31-32H,7-8,14-19,39H2,1-6H3,(H2,40,48)(H2,41,49)(H,42,51)(H,43,55)(H,44,52)(H,45,54)(H,46,50)(H,47,53)(H,56,57)/t21-,22-,24-,25-,26-,27-,31-,32-/m0/s1. The van der Waals surface area contributed by atoms with Crippen LogP contribution in [-0.2, 0) is 49.6 Å². The van der Waals surface area contributed by atoms with Gasteiger partial charge in [-0.15, -0.1) is 0 Å². The Kier molecular flexibility index (Phi) is 21.5. The Hall–Kier alpha value is -5.59. The molecule has 0 aromatic heterocycles. The van der Waals surface area contributed by atoms with Gasteiger partial charge in [-0.1, -0.05) is 84.7 Å². The van der Waals surface area contributed by atoms with Gasteiger partial charge in [0.25, 0.3) is 0 Å². The van der Waals surface area contributed by atoms with Crippen molar-refractivity contribution in [1.82, 2.24) is 31.9 Å². The van der Waals surface area contributed by atoms with Crippen LogP contribution in [0.3, 0.4) is 0 Å². The Balaban J connectivity index is 3.16. The molecule has 8 atom stereocenters. The second kappa shape index (κ2) is 24.8. The smallest absolute Gasteiger partial charge is 0.326 e. The van der Waals surface area contributed by atoms with E-state index in [1.807, 2.05) is 18.2 Å². The highest BCUT2D eigenvalue weighted by atomic mass is 16.4. The number of amides is 8. The van der Waals surface area contributed by atoms with Gasteiger partial charge in [0.15, 0.2) is 0 Å². The third-order valence-electron chi connectivity index (χ3n) is 9.34. The zero-order chi connectivity index (χ0) is 43.4. The van der Waals surface area contributed by atoms with Crippen LogP contribution < -0.4 is 49.1 Å². The van der Waals surface area contributed by atoms with Crippen molar-refractivity contribution in [3.8, 4) is 0 Å². The maximum absolute atomic E-state index is 13.7. The lowest BCUT2D eigenvalue weighted by Crippen LogP contribution is -2.61. The van der Waals surface area contributed by atoms with Crippen LogP contribution in [0.1, 0.15) is 85.6 Å². The highest BCUT2D eigenvalue weighted by Gasteiger charge is 2.35. The molecule has 1 aromatic carbocycles. The van der Waals surface area contributed by atoms with Crippen molar-refractivity contribution in [2.24, 2.45) is 35.0 Å². The van der Waals surface area contributed by atoms with Gasteiger partial charge in [0.05, 0.1) is 19.0 Å². The van der Waals surface area contributed by atoms with E-state index in [0.717, 1.165) is 5.56 Å². The van der Waals surface area contributed by atoms with Crippen LogP contribution in [0.5, 0.6) is 0 Å². The van der Waals surface area contributed by atoms with Crippen molar-refractivity contribution in [3.63, 3.8) is 0 Å². The topological polar surface area (TPSA) is 324 Å². The van der Waals surface area contributed by atoms with Crippen LogP contribution in [0.15, 0.2) is 30.3 Å². The number of nitrogens with one attached hydrogen (secondary N) is 6. The predicted octanol–water partition coefficient (Wildman–Crippen LogP) is -1.54. The molecular formula is C38H61N9O10. The van der Waals surface area contributed by atoms with Crippen LogP contribution in [0.25, 0.3) is 0 Å². The Labute approximate surface area is 333 Å². The van der Waals surface area contributed by atoms with Crippen LogP contribution in [0.2, 0.25) is 0 Å². The monoisotopic (exact) mass is 803 g/mol. The number of carbonyl (C=O) groups is 9. The first-order valence-electron chi connectivity index (χ1n) is 19.1. The summed E-state index contributed by atoms with van der Waals surface area (Å²) in [6, 6.07) is 1.28. The second-order valence-corrected chi connectivity index (χ2v) is 14.6. The first-order chi connectivity index (χ1) is 26.7. The number of carboxylic acid groups (broad SMARTS) is 1. The van der Waals surface area contributed by atoms with Crippen molar-refractivity contribution < 1.29 is 48.3 Å². The van der Waals surface area contributed by atoms with Gasteiger partial charge in [-0.3, -0.25) is 38.4 Å². The molecule has 0 heterocycles. The largest absolute Gasteiger partial charge is 0.480 e. The average molecular weight is 804 g/mol. The number of aliphatic carboxylic acids is 1. The zero-order valence-corrected chi connectivity index (χ0v) is 33.6. The second-order valence-electron chi connectivity index (χ2n) is 14.6. The van der Waals surface area contributed by atoms with Gasteiger partial charge in [0, 0.05) is 6.42 Å². The van der Waals surface area contributed by atoms with Crippen molar-refractivity contribution in [1.29, 1.82) is 0 Å². The Morgan fingerprint density at radius 2 is 1.16 bits per heavy atom. The van der Waals surface area contributed by atoms with E-state index in [4.69, 9.17) is 17.2 Å². The van der Waals surface area contributed by atoms with Gasteiger partial charge < -0.3 is 54.2 Å². The molecule has 0 saturated heterocycles. The lowest BCUT2D eigenvalue weighted by Gasteiger charge is -2.29. The summed E-state index contributed by atoms with van der Waals surface area (Å²) in [4.78, 5) is 115. The molecule has 1 rings (SSSR count). The summed E-state index contributed by atoms with van der Waals surface area (Å²) in [7, 11) is 0. The van der Waals surface area contributed by atoms with Crippen LogP contribution in [-0.4, -0.2) is 101 Å². The molecule has 0 fully saturated rings. The van der Waals surface area contributed by atoms with Gasteiger partial charge >= 0.3 is 5.97 Å². The maximum Gasteiger partial charge on any atom is 0.326 e. The number of hydrogen-bond donors (Lipinski definition) is 10. The SMILES string of the molecule is CC[C@H](C)[C@H](NC(=O)CNC(=O)[C@@H](N)Cc1ccccc1)C(=O)N[C@@H](CC(N)=O)C(=O)N[C@@H](CC(C)C)C(=O)N[C@H](C(=O)N[C@@H](CCC(N)=O)C(=O)O)[C@@H](C)CC. The van der Waals surface area contributed by atoms with E-state index in [1.54, 1.807) is 53.7 Å². The van der Waals surface area contributed by atoms with Gasteiger partial charge in [0.1, 0.15) is 30.2 Å². The summed E-state index contributed by atoms with van der Waals surface area (Å²) in [5.74, 6) is -9.06. The number of carbonyl (C=O) groups excluding carboxylic acids is 8. The number of nitrogens with two attached hydrogens (primary N) is 3. The van der Waals surface area contributed by atoms with E-state index in [1.165, 1.54) is 0 Å². The first-order valence-corrected chi connectivity index (χ1v) is 19.1. The number of primary amides is 2. The summed E-state index contributed by atoms with van der Waals surface area (Å²) >= 11 is 0. The molecule has 0 unspecified atom stereocenters. The van der Waals surface area contributed by atoms with Crippen molar-refractivity contribution in [2.75, 3.05) is 6.54 Å². The van der Waals surface area contributed by atoms with E-state index >= 15 is 0 Å². The molecule has 0 aliphatic heterocycles. The summed E-state index contributed by atoms with van der Waals surface area (Å²) in [5.41, 5.74) is 17.4. The minimum Gasteiger partial charge on any atom is -0.480 e. The fourth-order valence-electron chi connectivity index (χ4n) is 5.59. The molecular weight excluding hydrogens is 742 g/mol. The van der Waals surface area contributed by atoms with E-state index in [9.17, 15) is 48.3 Å². The van der Waals surface area contributed by atoms with E-state index in [0.29, 0.717) is 12.8 Å². The molecule has 0 bridgehead atoms. The van der Waals surface area contributed by atoms with E-state index in [2.05, 4.69) is 31.9 Å². The molecule has 1 aromatic rings. The molecule has 0 radical (unpaired) electrons. The highest BCUT2D eigenvalue weighted by molar-refractivity contribution is 5.98. The molecule has 13 N–H and O–H groups in total. The quantitative estimate of drug-likeness (QED) is 0.0512. The lowest BCUT2D eigenvalue weighted by molar-refractivity contribution is -0.143. The van der Waals surface area contributed by atoms with Crippen molar-refractivity contribution >= 4 is 53.2 Å². The number of benzene rings is 1. The Bertz CT molecular complexity index is 1560. The number of rotatable bonds is 26. The van der Waals surface area contributed by atoms with E-state index < -0.39 is 114 Å². The minimum atomic E-state index is -1.59. The highest BCUT2D eigenvalue weighted by Crippen LogP contribution is 2.13. The average Bonchev–Trinajstić information content (AvgIpc) is 3.14. The van der Waals surface area contributed by atoms with Crippen molar-refractivity contribution in [2.45, 2.75) is 123 Å². The van der Waals surface area contributed by atoms with E-state index in [-0.39, 0.29) is 31.6 Å². The Morgan fingerprint density at radius 1 is 0.649 bits per heavy atom.